The van der Waals surface area contributed by atoms with Gasteiger partial charge in [0.25, 0.3) is 0 Å². The van der Waals surface area contributed by atoms with Crippen molar-refractivity contribution in [3.8, 4) is 22.6 Å². The fourth-order valence-corrected chi connectivity index (χ4v) is 4.73. The molecule has 0 aliphatic carbocycles. The zero-order chi connectivity index (χ0) is 22.7. The molecule has 2 aromatic rings. The van der Waals surface area contributed by atoms with E-state index in [2.05, 4.69) is 41.8 Å². The molecule has 172 valence electrons. The Hall–Kier alpha value is -2.57. The molecule has 1 amide bonds. The van der Waals surface area contributed by atoms with Gasteiger partial charge in [-0.1, -0.05) is 18.2 Å². The Balaban J connectivity index is 1.41. The van der Waals surface area contributed by atoms with Crippen molar-refractivity contribution in [2.24, 2.45) is 0 Å². The van der Waals surface area contributed by atoms with Crippen LogP contribution in [0.25, 0.3) is 11.1 Å². The van der Waals surface area contributed by atoms with Crippen LogP contribution in [0.3, 0.4) is 0 Å². The standard InChI is InChI=1S/C26H35N3O3/c1-19(2)28-11-13-29(14-12-28)26(30)18-27-10-9-20-15-21(5-6-22(20)17-27)24-16-23(31-3)7-8-25(24)32-4/h5-8,15-16,19H,9-14,17-18H2,1-4H3. The highest BCUT2D eigenvalue weighted by Gasteiger charge is 2.25. The SMILES string of the molecule is COc1ccc(OC)c(-c2ccc3c(c2)CCN(CC(=O)N2CCN(C(C)C)CC2)C3)c1. The summed E-state index contributed by atoms with van der Waals surface area (Å²) in [5, 5.41) is 0. The highest BCUT2D eigenvalue weighted by Crippen LogP contribution is 2.35. The van der Waals surface area contributed by atoms with Gasteiger partial charge in [-0.05, 0) is 55.2 Å². The van der Waals surface area contributed by atoms with Gasteiger partial charge >= 0.3 is 0 Å². The number of carbonyl (C=O) groups excluding carboxylic acids is 1. The number of fused-ring (bicyclic) bond motifs is 1. The molecule has 0 radical (unpaired) electrons. The molecular formula is C26H35N3O3. The average Bonchev–Trinajstić information content (AvgIpc) is 2.83. The number of ether oxygens (including phenoxy) is 2. The summed E-state index contributed by atoms with van der Waals surface area (Å²) < 4.78 is 11.0. The Labute approximate surface area is 191 Å². The van der Waals surface area contributed by atoms with E-state index in [4.69, 9.17) is 9.47 Å². The van der Waals surface area contributed by atoms with Crippen LogP contribution in [0, 0.1) is 0 Å². The third kappa shape index (κ3) is 4.92. The van der Waals surface area contributed by atoms with E-state index in [1.54, 1.807) is 14.2 Å². The molecule has 1 fully saturated rings. The van der Waals surface area contributed by atoms with Gasteiger partial charge in [-0.2, -0.15) is 0 Å². The van der Waals surface area contributed by atoms with Gasteiger partial charge in [0.05, 0.1) is 20.8 Å². The van der Waals surface area contributed by atoms with Crippen LogP contribution in [0.5, 0.6) is 11.5 Å². The summed E-state index contributed by atoms with van der Waals surface area (Å²) in [6.07, 6.45) is 0.948. The van der Waals surface area contributed by atoms with Crippen LogP contribution < -0.4 is 9.47 Å². The van der Waals surface area contributed by atoms with Gasteiger partial charge in [0.2, 0.25) is 5.91 Å². The van der Waals surface area contributed by atoms with E-state index < -0.39 is 0 Å². The van der Waals surface area contributed by atoms with Crippen molar-refractivity contribution in [2.45, 2.75) is 32.9 Å². The first kappa shape index (κ1) is 22.6. The van der Waals surface area contributed by atoms with Gasteiger partial charge in [0.15, 0.2) is 0 Å². The molecule has 6 heteroatoms. The Morgan fingerprint density at radius 3 is 2.41 bits per heavy atom. The molecule has 2 aliphatic rings. The molecule has 0 N–H and O–H groups in total. The van der Waals surface area contributed by atoms with E-state index in [1.807, 2.05) is 23.1 Å². The number of benzene rings is 2. The van der Waals surface area contributed by atoms with E-state index in [1.165, 1.54) is 11.1 Å². The van der Waals surface area contributed by atoms with Crippen LogP contribution in [0.1, 0.15) is 25.0 Å². The second kappa shape index (κ2) is 9.92. The lowest BCUT2D eigenvalue weighted by Gasteiger charge is -2.38. The van der Waals surface area contributed by atoms with Gasteiger partial charge in [-0.25, -0.2) is 0 Å². The number of piperazine rings is 1. The number of nitrogens with zero attached hydrogens (tertiary/aromatic N) is 3. The second-order valence-corrected chi connectivity index (χ2v) is 9.02. The predicted molar refractivity (Wildman–Crippen MR) is 127 cm³/mol. The van der Waals surface area contributed by atoms with Crippen molar-refractivity contribution in [3.63, 3.8) is 0 Å². The zero-order valence-electron chi connectivity index (χ0n) is 19.8. The summed E-state index contributed by atoms with van der Waals surface area (Å²) in [5.41, 5.74) is 4.82. The van der Waals surface area contributed by atoms with Crippen LogP contribution in [0.4, 0.5) is 0 Å². The lowest BCUT2D eigenvalue weighted by molar-refractivity contribution is -0.134. The number of amides is 1. The summed E-state index contributed by atoms with van der Waals surface area (Å²) >= 11 is 0. The number of rotatable bonds is 6. The van der Waals surface area contributed by atoms with E-state index in [0.717, 1.165) is 68.3 Å². The first-order valence-corrected chi connectivity index (χ1v) is 11.6. The lowest BCUT2D eigenvalue weighted by atomic mass is 9.94. The van der Waals surface area contributed by atoms with Crippen molar-refractivity contribution in [2.75, 3.05) is 53.5 Å². The van der Waals surface area contributed by atoms with Crippen molar-refractivity contribution in [1.29, 1.82) is 0 Å². The molecule has 0 unspecified atom stereocenters. The van der Waals surface area contributed by atoms with Crippen LogP contribution in [0.2, 0.25) is 0 Å². The summed E-state index contributed by atoms with van der Waals surface area (Å²) in [6, 6.07) is 13.0. The third-order valence-electron chi connectivity index (χ3n) is 6.77. The number of hydrogen-bond acceptors (Lipinski definition) is 5. The Bertz CT molecular complexity index is 951. The molecular weight excluding hydrogens is 402 g/mol. The van der Waals surface area contributed by atoms with Crippen molar-refractivity contribution in [3.05, 3.63) is 47.5 Å². The van der Waals surface area contributed by atoms with Crippen LogP contribution in [-0.4, -0.2) is 80.1 Å². The fourth-order valence-electron chi connectivity index (χ4n) is 4.73. The molecule has 0 saturated carbocycles. The van der Waals surface area contributed by atoms with Gasteiger partial charge in [-0.3, -0.25) is 14.6 Å². The molecule has 2 aromatic carbocycles. The largest absolute Gasteiger partial charge is 0.497 e. The third-order valence-corrected chi connectivity index (χ3v) is 6.77. The fraction of sp³-hybridized carbons (Fsp3) is 0.500. The molecule has 2 aliphatic heterocycles. The van der Waals surface area contributed by atoms with Crippen LogP contribution >= 0.6 is 0 Å². The summed E-state index contributed by atoms with van der Waals surface area (Å²) in [5.74, 6) is 1.92. The average molecular weight is 438 g/mol. The van der Waals surface area contributed by atoms with Gasteiger partial charge in [-0.15, -0.1) is 0 Å². The molecule has 4 rings (SSSR count). The molecule has 0 bridgehead atoms. The van der Waals surface area contributed by atoms with Crippen molar-refractivity contribution < 1.29 is 14.3 Å². The van der Waals surface area contributed by atoms with E-state index in [9.17, 15) is 4.79 Å². The van der Waals surface area contributed by atoms with Crippen molar-refractivity contribution >= 4 is 5.91 Å². The minimum absolute atomic E-state index is 0.259. The normalized spacial score (nSPS) is 17.3. The molecule has 0 spiro atoms. The number of carbonyl (C=O) groups is 1. The molecule has 0 atom stereocenters. The highest BCUT2D eigenvalue weighted by atomic mass is 16.5. The topological polar surface area (TPSA) is 45.3 Å². The maximum absolute atomic E-state index is 12.9. The van der Waals surface area contributed by atoms with E-state index in [0.29, 0.717) is 12.6 Å². The van der Waals surface area contributed by atoms with Crippen LogP contribution in [0.15, 0.2) is 36.4 Å². The molecule has 1 saturated heterocycles. The minimum atomic E-state index is 0.259. The van der Waals surface area contributed by atoms with Gasteiger partial charge in [0.1, 0.15) is 11.5 Å². The molecule has 6 nitrogen and oxygen atoms in total. The van der Waals surface area contributed by atoms with Gasteiger partial charge in [0, 0.05) is 50.9 Å². The lowest BCUT2D eigenvalue weighted by Crippen LogP contribution is -2.53. The van der Waals surface area contributed by atoms with E-state index in [-0.39, 0.29) is 5.91 Å². The van der Waals surface area contributed by atoms with Gasteiger partial charge < -0.3 is 14.4 Å². The zero-order valence-corrected chi connectivity index (χ0v) is 19.8. The predicted octanol–water partition coefficient (Wildman–Crippen LogP) is 3.28. The maximum Gasteiger partial charge on any atom is 0.236 e. The van der Waals surface area contributed by atoms with Crippen molar-refractivity contribution in [1.82, 2.24) is 14.7 Å². The second-order valence-electron chi connectivity index (χ2n) is 9.02. The molecule has 32 heavy (non-hydrogen) atoms. The molecule has 2 heterocycles. The Morgan fingerprint density at radius 1 is 0.938 bits per heavy atom. The Morgan fingerprint density at radius 2 is 1.72 bits per heavy atom. The monoisotopic (exact) mass is 437 g/mol. The number of hydrogen-bond donors (Lipinski definition) is 0. The van der Waals surface area contributed by atoms with E-state index >= 15 is 0 Å². The maximum atomic E-state index is 12.9. The number of methoxy groups -OCH3 is 2. The Kier molecular flexibility index (Phi) is 7.01. The molecule has 0 aromatic heterocycles. The summed E-state index contributed by atoms with van der Waals surface area (Å²) in [6.45, 7) is 10.3. The summed E-state index contributed by atoms with van der Waals surface area (Å²) in [7, 11) is 3.37. The first-order valence-electron chi connectivity index (χ1n) is 11.6. The minimum Gasteiger partial charge on any atom is -0.497 e. The smallest absolute Gasteiger partial charge is 0.236 e. The highest BCUT2D eigenvalue weighted by molar-refractivity contribution is 5.78. The first-order chi connectivity index (χ1) is 15.5. The quantitative estimate of drug-likeness (QED) is 0.694. The van der Waals surface area contributed by atoms with Crippen LogP contribution in [-0.2, 0) is 17.8 Å². The summed E-state index contributed by atoms with van der Waals surface area (Å²) in [4.78, 5) is 19.6.